The van der Waals surface area contributed by atoms with Crippen LogP contribution in [0.1, 0.15) is 16.7 Å². The first kappa shape index (κ1) is 22.4. The van der Waals surface area contributed by atoms with E-state index >= 15 is 0 Å². The van der Waals surface area contributed by atoms with Gasteiger partial charge in [0.2, 0.25) is 0 Å². The van der Waals surface area contributed by atoms with Crippen molar-refractivity contribution in [1.82, 2.24) is 0 Å². The van der Waals surface area contributed by atoms with Crippen LogP contribution in [0.5, 0.6) is 0 Å². The molecule has 0 aromatic heterocycles. The molecule has 1 aliphatic rings. The van der Waals surface area contributed by atoms with Crippen LogP contribution >= 0.6 is 25.3 Å². The van der Waals surface area contributed by atoms with Gasteiger partial charge in [-0.3, -0.25) is 0 Å². The van der Waals surface area contributed by atoms with E-state index in [2.05, 4.69) is 36.4 Å². The topological polar surface area (TPSA) is 27.7 Å². The molecule has 1 saturated heterocycles. The van der Waals surface area contributed by atoms with Gasteiger partial charge in [-0.15, -0.1) is 12.6 Å². The Balaban J connectivity index is 1.48. The normalized spacial score (nSPS) is 24.2. The highest BCUT2D eigenvalue weighted by Gasteiger charge is 2.47. The fraction of sp³-hybridized carbons (Fsp3) is 0.308. The second-order valence-corrected chi connectivity index (χ2v) is 8.94. The predicted molar refractivity (Wildman–Crippen MR) is 131 cm³/mol. The molecular weight excluding hydrogens is 424 g/mol. The molecule has 0 saturated carbocycles. The number of ether oxygens (including phenoxy) is 3. The molecule has 31 heavy (non-hydrogen) atoms. The van der Waals surface area contributed by atoms with Crippen LogP contribution in [-0.4, -0.2) is 29.0 Å². The summed E-state index contributed by atoms with van der Waals surface area (Å²) in [5, 5.41) is -0.0388. The third kappa shape index (κ3) is 6.15. The third-order valence-corrected chi connectivity index (χ3v) is 6.35. The summed E-state index contributed by atoms with van der Waals surface area (Å²) >= 11 is 9.59. The molecule has 1 aliphatic heterocycles. The molecular formula is C26H28O3S2. The molecule has 1 fully saturated rings. The molecule has 1 heterocycles. The van der Waals surface area contributed by atoms with Gasteiger partial charge in [0.05, 0.1) is 19.3 Å². The smallest absolute Gasteiger partial charge is 0.129 e. The van der Waals surface area contributed by atoms with E-state index in [0.717, 1.165) is 17.5 Å². The van der Waals surface area contributed by atoms with Gasteiger partial charge in [-0.25, -0.2) is 0 Å². The van der Waals surface area contributed by atoms with Gasteiger partial charge in [-0.05, 0) is 23.1 Å². The van der Waals surface area contributed by atoms with Crippen molar-refractivity contribution in [3.8, 4) is 0 Å². The Morgan fingerprint density at radius 1 is 0.677 bits per heavy atom. The van der Waals surface area contributed by atoms with E-state index in [9.17, 15) is 0 Å². The van der Waals surface area contributed by atoms with Crippen molar-refractivity contribution in [3.05, 3.63) is 108 Å². The maximum Gasteiger partial charge on any atom is 0.129 e. The summed E-state index contributed by atoms with van der Waals surface area (Å²) in [4.78, 5) is 0. The minimum Gasteiger partial charge on any atom is -0.368 e. The van der Waals surface area contributed by atoms with Crippen LogP contribution in [-0.2, 0) is 33.8 Å². The fourth-order valence-electron chi connectivity index (χ4n) is 3.85. The lowest BCUT2D eigenvalue weighted by Crippen LogP contribution is -2.40. The van der Waals surface area contributed by atoms with Crippen LogP contribution in [0.3, 0.4) is 0 Å². The van der Waals surface area contributed by atoms with Gasteiger partial charge < -0.3 is 14.2 Å². The van der Waals surface area contributed by atoms with Crippen LogP contribution in [0.4, 0.5) is 0 Å². The van der Waals surface area contributed by atoms with Gasteiger partial charge in [0.25, 0.3) is 0 Å². The van der Waals surface area contributed by atoms with Crippen molar-refractivity contribution in [2.75, 3.05) is 0 Å². The van der Waals surface area contributed by atoms with Crippen molar-refractivity contribution >= 4 is 25.3 Å². The summed E-state index contributed by atoms with van der Waals surface area (Å²) in [5.74, 6) is 0. The minimum atomic E-state index is -0.375. The van der Waals surface area contributed by atoms with Crippen molar-refractivity contribution < 1.29 is 14.2 Å². The Hall–Kier alpha value is -1.76. The lowest BCUT2D eigenvalue weighted by atomic mass is 10.0. The zero-order valence-electron chi connectivity index (χ0n) is 17.3. The van der Waals surface area contributed by atoms with E-state index in [1.807, 2.05) is 54.6 Å². The Morgan fingerprint density at radius 3 is 1.65 bits per heavy atom. The highest BCUT2D eigenvalue weighted by molar-refractivity contribution is 7.81. The minimum absolute atomic E-state index is 0.0388. The summed E-state index contributed by atoms with van der Waals surface area (Å²) in [5.41, 5.74) is 3.07. The first-order valence-electron chi connectivity index (χ1n) is 10.6. The van der Waals surface area contributed by atoms with Gasteiger partial charge >= 0.3 is 0 Å². The molecule has 162 valence electrons. The van der Waals surface area contributed by atoms with E-state index in [1.54, 1.807) is 0 Å². The van der Waals surface area contributed by atoms with Gasteiger partial charge in [-0.2, -0.15) is 12.6 Å². The Kier molecular flexibility index (Phi) is 8.11. The molecule has 5 heteroatoms. The van der Waals surface area contributed by atoms with Crippen LogP contribution < -0.4 is 0 Å². The summed E-state index contributed by atoms with van der Waals surface area (Å²) in [6, 6.07) is 30.6. The Bertz CT molecular complexity index is 908. The van der Waals surface area contributed by atoms with Gasteiger partial charge in [0.15, 0.2) is 0 Å². The Labute approximate surface area is 195 Å². The average Bonchev–Trinajstić information content (AvgIpc) is 3.13. The van der Waals surface area contributed by atoms with Crippen molar-refractivity contribution in [3.63, 3.8) is 0 Å². The predicted octanol–water partition coefficient (Wildman–Crippen LogP) is 5.35. The van der Waals surface area contributed by atoms with E-state index < -0.39 is 0 Å². The number of hydrogen-bond acceptors (Lipinski definition) is 5. The van der Waals surface area contributed by atoms with Gasteiger partial charge in [-0.1, -0.05) is 91.0 Å². The molecule has 3 nitrogen and oxygen atoms in total. The first-order valence-corrected chi connectivity index (χ1v) is 11.6. The lowest BCUT2D eigenvalue weighted by Gasteiger charge is -2.27. The molecule has 1 unspecified atom stereocenters. The van der Waals surface area contributed by atoms with E-state index in [1.165, 1.54) is 5.56 Å². The molecule has 5 atom stereocenters. The monoisotopic (exact) mass is 452 g/mol. The second kappa shape index (κ2) is 11.2. The highest BCUT2D eigenvalue weighted by atomic mass is 32.1. The van der Waals surface area contributed by atoms with Gasteiger partial charge in [0, 0.05) is 5.25 Å². The van der Waals surface area contributed by atoms with E-state index in [4.69, 9.17) is 39.5 Å². The number of rotatable bonds is 9. The first-order chi connectivity index (χ1) is 15.2. The quantitative estimate of drug-likeness (QED) is 0.429. The summed E-state index contributed by atoms with van der Waals surface area (Å²) < 4.78 is 18.9. The zero-order chi connectivity index (χ0) is 21.5. The maximum atomic E-state index is 6.38. The maximum absolute atomic E-state index is 6.38. The molecule has 0 bridgehead atoms. The highest BCUT2D eigenvalue weighted by Crippen LogP contribution is 2.34. The third-order valence-electron chi connectivity index (χ3n) is 5.46. The molecule has 0 spiro atoms. The summed E-state index contributed by atoms with van der Waals surface area (Å²) in [6.07, 6.45) is 0.00181. The molecule has 0 N–H and O–H groups in total. The Morgan fingerprint density at radius 2 is 1.13 bits per heavy atom. The number of thiol groups is 2. The van der Waals surface area contributed by atoms with Crippen LogP contribution in [0, 0.1) is 0 Å². The fourth-order valence-corrected chi connectivity index (χ4v) is 4.69. The molecule has 0 aliphatic carbocycles. The van der Waals surface area contributed by atoms with Crippen LogP contribution in [0.2, 0.25) is 0 Å². The molecule has 3 aromatic rings. The summed E-state index contributed by atoms with van der Waals surface area (Å²) in [6.45, 7) is 0.975. The van der Waals surface area contributed by atoms with Gasteiger partial charge in [0.1, 0.15) is 17.6 Å². The van der Waals surface area contributed by atoms with Crippen molar-refractivity contribution in [2.45, 2.75) is 48.6 Å². The largest absolute Gasteiger partial charge is 0.368 e. The van der Waals surface area contributed by atoms with Crippen LogP contribution in [0.25, 0.3) is 0 Å². The number of hydrogen-bond donors (Lipinski definition) is 2. The van der Waals surface area contributed by atoms with Crippen molar-refractivity contribution in [2.24, 2.45) is 0 Å². The lowest BCUT2D eigenvalue weighted by molar-refractivity contribution is -0.0743. The van der Waals surface area contributed by atoms with Crippen molar-refractivity contribution in [1.29, 1.82) is 0 Å². The van der Waals surface area contributed by atoms with E-state index in [-0.39, 0.29) is 29.0 Å². The number of benzene rings is 3. The SMILES string of the molecule is SC(Cc1ccccc1)[C@H]1O[C@@H](S)[C@H](OCc2ccccc2)[C@H]1OCc1ccccc1. The molecule has 0 amide bonds. The molecule has 3 aromatic carbocycles. The second-order valence-electron chi connectivity index (χ2n) is 7.77. The zero-order valence-corrected chi connectivity index (χ0v) is 19.1. The molecule has 4 rings (SSSR count). The van der Waals surface area contributed by atoms with Crippen LogP contribution in [0.15, 0.2) is 91.0 Å². The van der Waals surface area contributed by atoms with E-state index in [0.29, 0.717) is 13.2 Å². The summed E-state index contributed by atoms with van der Waals surface area (Å²) in [7, 11) is 0. The average molecular weight is 453 g/mol. The molecule has 0 radical (unpaired) electrons. The standard InChI is InChI=1S/C26H28O3S2/c30-22(16-19-10-4-1-5-11-19)23-24(27-17-20-12-6-2-7-13-20)25(26(31)29-23)28-18-21-14-8-3-9-15-21/h1-15,22-26,30-31H,16-18H2/t22?,23-,24+,25-,26+/m1/s1.